The van der Waals surface area contributed by atoms with Gasteiger partial charge in [-0.2, -0.15) is 0 Å². The highest BCUT2D eigenvalue weighted by molar-refractivity contribution is 5.90. The molecule has 0 aliphatic rings. The van der Waals surface area contributed by atoms with Crippen LogP contribution < -0.4 is 4.74 Å². The molecule has 0 atom stereocenters. The third-order valence-corrected chi connectivity index (χ3v) is 7.23. The predicted octanol–water partition coefficient (Wildman–Crippen LogP) is 13.0. The van der Waals surface area contributed by atoms with E-state index in [1.807, 2.05) is 40.8 Å². The predicted molar refractivity (Wildman–Crippen MR) is 216 cm³/mol. The molecule has 6 nitrogen and oxygen atoms in total. The lowest BCUT2D eigenvalue weighted by atomic mass is 10.0. The highest BCUT2D eigenvalue weighted by Crippen LogP contribution is 2.24. The normalized spacial score (nSPS) is 10.2. The number of terminal acetylenes is 1. The number of aliphatic imine (C=N–C) groups is 1. The average molecular weight is 681 g/mol. The number of hydrogen-bond acceptors (Lipinski definition) is 5. The number of carboxylic acids is 1. The SMILES string of the molecule is C#C.CC.CCC/C(C)=C(\C)C(OC)=C(C)C.CCCC.CCCC(C)=Nc1cc(C(=O)O)ccc1C.CCc1ncc(C)c(OC)c1C. The zero-order chi connectivity index (χ0) is 39.1. The number of carbonyl (C=O) groups is 1. The molecule has 1 heterocycles. The third kappa shape index (κ3) is 22.4. The van der Waals surface area contributed by atoms with Crippen molar-refractivity contribution in [3.05, 3.63) is 74.8 Å². The quantitative estimate of drug-likeness (QED) is 0.111. The van der Waals surface area contributed by atoms with Crippen molar-refractivity contribution in [1.82, 2.24) is 4.98 Å². The van der Waals surface area contributed by atoms with Gasteiger partial charge in [-0.3, -0.25) is 9.98 Å². The number of nitrogens with zero attached hydrogens (tertiary/aromatic N) is 2. The Morgan fingerprint density at radius 3 is 1.76 bits per heavy atom. The van der Waals surface area contributed by atoms with Crippen LogP contribution >= 0.6 is 0 Å². The molecule has 1 aromatic heterocycles. The Kier molecular flexibility index (Phi) is 34.7. The van der Waals surface area contributed by atoms with Gasteiger partial charge in [0.2, 0.25) is 0 Å². The highest BCUT2D eigenvalue weighted by Gasteiger charge is 2.08. The van der Waals surface area contributed by atoms with E-state index in [1.165, 1.54) is 41.5 Å². The van der Waals surface area contributed by atoms with Crippen molar-refractivity contribution in [2.24, 2.45) is 4.99 Å². The molecule has 0 unspecified atom stereocenters. The van der Waals surface area contributed by atoms with Crippen LogP contribution in [-0.4, -0.2) is 36.0 Å². The second kappa shape index (κ2) is 32.7. The third-order valence-electron chi connectivity index (χ3n) is 7.23. The number of carboxylic acid groups (broad SMARTS) is 1. The largest absolute Gasteiger partial charge is 0.497 e. The Balaban J connectivity index is -0.000000282. The van der Waals surface area contributed by atoms with Crippen LogP contribution in [0, 0.1) is 33.6 Å². The van der Waals surface area contributed by atoms with Crippen molar-refractivity contribution in [2.45, 2.75) is 149 Å². The van der Waals surface area contributed by atoms with E-state index >= 15 is 0 Å². The monoisotopic (exact) mass is 681 g/mol. The lowest BCUT2D eigenvalue weighted by Gasteiger charge is -2.12. The summed E-state index contributed by atoms with van der Waals surface area (Å²) in [6.45, 7) is 31.2. The van der Waals surface area contributed by atoms with Crippen LogP contribution in [0.25, 0.3) is 0 Å². The number of hydrogen-bond donors (Lipinski definition) is 1. The van der Waals surface area contributed by atoms with E-state index in [4.69, 9.17) is 14.6 Å². The topological polar surface area (TPSA) is 81.0 Å². The van der Waals surface area contributed by atoms with Gasteiger partial charge in [0.1, 0.15) is 11.5 Å². The fourth-order valence-corrected chi connectivity index (χ4v) is 4.40. The lowest BCUT2D eigenvalue weighted by Crippen LogP contribution is -1.98. The van der Waals surface area contributed by atoms with Crippen LogP contribution in [0.2, 0.25) is 0 Å². The zero-order valence-electron chi connectivity index (χ0n) is 34.5. The minimum atomic E-state index is -0.912. The average Bonchev–Trinajstić information content (AvgIpc) is 3.08. The van der Waals surface area contributed by atoms with Crippen molar-refractivity contribution in [2.75, 3.05) is 14.2 Å². The molecule has 0 spiro atoms. The molecular weight excluding hydrogens is 608 g/mol. The summed E-state index contributed by atoms with van der Waals surface area (Å²) in [6.07, 6.45) is 17.8. The molecule has 6 heteroatoms. The summed E-state index contributed by atoms with van der Waals surface area (Å²) in [6, 6.07) is 5.02. The number of allylic oxidation sites excluding steroid dienone is 3. The van der Waals surface area contributed by atoms with Gasteiger partial charge >= 0.3 is 5.97 Å². The number of aromatic nitrogens is 1. The van der Waals surface area contributed by atoms with Crippen molar-refractivity contribution in [3.63, 3.8) is 0 Å². The summed E-state index contributed by atoms with van der Waals surface area (Å²) in [5, 5.41) is 8.89. The van der Waals surface area contributed by atoms with Crippen LogP contribution in [0.4, 0.5) is 5.69 Å². The van der Waals surface area contributed by atoms with E-state index in [1.54, 1.807) is 32.4 Å². The zero-order valence-corrected chi connectivity index (χ0v) is 34.5. The molecule has 278 valence electrons. The smallest absolute Gasteiger partial charge is 0.335 e. The van der Waals surface area contributed by atoms with Crippen LogP contribution in [0.5, 0.6) is 5.75 Å². The summed E-state index contributed by atoms with van der Waals surface area (Å²) in [7, 11) is 3.44. The summed E-state index contributed by atoms with van der Waals surface area (Å²) >= 11 is 0. The molecule has 1 N–H and O–H groups in total. The summed E-state index contributed by atoms with van der Waals surface area (Å²) in [4.78, 5) is 19.6. The maximum Gasteiger partial charge on any atom is 0.335 e. The first-order valence-electron chi connectivity index (χ1n) is 17.8. The first kappa shape index (κ1) is 52.0. The van der Waals surface area contributed by atoms with Crippen LogP contribution in [0.1, 0.15) is 154 Å². The Morgan fingerprint density at radius 1 is 0.837 bits per heavy atom. The number of rotatable bonds is 11. The molecule has 0 aliphatic heterocycles. The minimum absolute atomic E-state index is 0.286. The number of methoxy groups -OCH3 is 2. The number of benzene rings is 1. The summed E-state index contributed by atoms with van der Waals surface area (Å²) < 4.78 is 10.6. The van der Waals surface area contributed by atoms with Gasteiger partial charge < -0.3 is 14.6 Å². The van der Waals surface area contributed by atoms with E-state index < -0.39 is 5.97 Å². The fourth-order valence-electron chi connectivity index (χ4n) is 4.40. The Labute approximate surface area is 302 Å². The molecule has 0 amide bonds. The number of aryl methyl sites for hydroxylation is 3. The molecule has 0 bridgehead atoms. The van der Waals surface area contributed by atoms with Gasteiger partial charge in [0.15, 0.2) is 0 Å². The Morgan fingerprint density at radius 2 is 1.37 bits per heavy atom. The molecule has 1 aromatic carbocycles. The number of pyridine rings is 1. The van der Waals surface area contributed by atoms with E-state index in [-0.39, 0.29) is 5.56 Å². The molecular formula is C43H72N2O4. The van der Waals surface area contributed by atoms with Crippen molar-refractivity contribution >= 4 is 17.4 Å². The fraction of sp³-hybridized carbons (Fsp3) is 0.558. The van der Waals surface area contributed by atoms with E-state index in [0.717, 1.165) is 65.4 Å². The number of unbranched alkanes of at least 4 members (excludes halogenated alkanes) is 1. The minimum Gasteiger partial charge on any atom is -0.497 e. The van der Waals surface area contributed by atoms with E-state index in [0.29, 0.717) is 0 Å². The van der Waals surface area contributed by atoms with Crippen molar-refractivity contribution in [3.8, 4) is 18.6 Å². The van der Waals surface area contributed by atoms with Crippen LogP contribution in [-0.2, 0) is 11.2 Å². The Hall–Kier alpha value is -3.85. The second-order valence-electron chi connectivity index (χ2n) is 11.5. The van der Waals surface area contributed by atoms with Crippen molar-refractivity contribution < 1.29 is 19.4 Å². The standard InChI is InChI=1S/C13H17NO2.C12H22O.C10H15NO.C4H10.C2H6.C2H2/c1-4-5-10(3)14-12-8-11(13(15)16)7-6-9(12)2;1-7-8-10(4)11(5)12(13-6)9(2)3;1-5-9-8(3)10(12-4)7(2)6-11-9;1-3-4-2;2*1-2/h6-8H,4-5H2,1-3H3,(H,15,16);7-8H2,1-6H3;6H,5H2,1-4H3;3-4H2,1-2H3;1-2H3;1-2H/b;11-10+;;;;. The first-order chi connectivity index (χ1) is 23.2. The van der Waals surface area contributed by atoms with E-state index in [2.05, 4.69) is 92.1 Å². The van der Waals surface area contributed by atoms with Gasteiger partial charge in [-0.05, 0) is 103 Å². The molecule has 0 aliphatic carbocycles. The lowest BCUT2D eigenvalue weighted by molar-refractivity contribution is 0.0697. The summed E-state index contributed by atoms with van der Waals surface area (Å²) in [5.74, 6) is 1.11. The molecule has 2 aromatic rings. The maximum atomic E-state index is 10.8. The second-order valence-corrected chi connectivity index (χ2v) is 11.5. The van der Waals surface area contributed by atoms with Crippen LogP contribution in [0.3, 0.4) is 0 Å². The molecule has 0 fully saturated rings. The molecule has 2 rings (SSSR count). The van der Waals surface area contributed by atoms with E-state index in [9.17, 15) is 4.79 Å². The Bertz CT molecular complexity index is 1290. The molecule has 0 radical (unpaired) electrons. The number of ether oxygens (including phenoxy) is 2. The van der Waals surface area contributed by atoms with Gasteiger partial charge in [-0.15, -0.1) is 12.8 Å². The van der Waals surface area contributed by atoms with Gasteiger partial charge in [-0.25, -0.2) is 4.79 Å². The van der Waals surface area contributed by atoms with Gasteiger partial charge in [0.05, 0.1) is 25.5 Å². The maximum absolute atomic E-state index is 10.8. The van der Waals surface area contributed by atoms with Gasteiger partial charge in [-0.1, -0.05) is 85.8 Å². The summed E-state index contributed by atoms with van der Waals surface area (Å²) in [5.41, 5.74) is 10.4. The number of aromatic carboxylic acids is 1. The highest BCUT2D eigenvalue weighted by atomic mass is 16.5. The van der Waals surface area contributed by atoms with Gasteiger partial charge in [0.25, 0.3) is 0 Å². The molecule has 0 saturated carbocycles. The van der Waals surface area contributed by atoms with Gasteiger partial charge in [0, 0.05) is 28.7 Å². The van der Waals surface area contributed by atoms with Crippen molar-refractivity contribution in [1.29, 1.82) is 0 Å². The molecule has 0 saturated heterocycles. The van der Waals surface area contributed by atoms with Crippen LogP contribution in [0.15, 0.2) is 51.9 Å². The first-order valence-corrected chi connectivity index (χ1v) is 17.8. The molecule has 49 heavy (non-hydrogen) atoms.